The van der Waals surface area contributed by atoms with Crippen LogP contribution in [0.3, 0.4) is 0 Å². The smallest absolute Gasteiger partial charge is 0.378 e. The van der Waals surface area contributed by atoms with E-state index in [1.807, 2.05) is 0 Å². The summed E-state index contributed by atoms with van der Waals surface area (Å²) in [5, 5.41) is 0. The summed E-state index contributed by atoms with van der Waals surface area (Å²) in [5.74, 6) is -3.99. The zero-order chi connectivity index (χ0) is 20.6. The van der Waals surface area contributed by atoms with E-state index in [9.17, 15) is 34.8 Å². The van der Waals surface area contributed by atoms with E-state index in [0.717, 1.165) is 0 Å². The molecule has 0 heterocycles. The fourth-order valence-corrected chi connectivity index (χ4v) is 3.66. The average molecular weight is 412 g/mol. The first kappa shape index (κ1) is 21.1. The summed E-state index contributed by atoms with van der Waals surface area (Å²) in [4.78, 5) is -0.198. The summed E-state index contributed by atoms with van der Waals surface area (Å²) in [7, 11) is -4.29. The third-order valence-electron chi connectivity index (χ3n) is 3.70. The molecule has 0 saturated carbocycles. The van der Waals surface area contributed by atoms with Crippen molar-refractivity contribution in [2.45, 2.75) is 37.0 Å². The van der Waals surface area contributed by atoms with E-state index >= 15 is 0 Å². The molecule has 2 aromatic rings. The molecule has 0 aliphatic carbocycles. The summed E-state index contributed by atoms with van der Waals surface area (Å²) in [6.07, 6.45) is -11.1. The second-order valence-corrected chi connectivity index (χ2v) is 7.40. The highest BCUT2D eigenvalue weighted by atomic mass is 32.2. The Hall–Kier alpha value is -2.23. The van der Waals surface area contributed by atoms with E-state index in [4.69, 9.17) is 4.18 Å². The van der Waals surface area contributed by atoms with Gasteiger partial charge in [-0.2, -0.15) is 34.8 Å². The van der Waals surface area contributed by atoms with Crippen LogP contribution in [0.2, 0.25) is 0 Å². The number of halogens is 6. The Morgan fingerprint density at radius 2 is 1.30 bits per heavy atom. The van der Waals surface area contributed by atoms with E-state index in [-0.39, 0.29) is 21.8 Å². The number of alkyl halides is 6. The van der Waals surface area contributed by atoms with Gasteiger partial charge in [0.25, 0.3) is 0 Å². The molecule has 0 aliphatic heterocycles. The number of benzene rings is 2. The molecule has 0 radical (unpaired) electrons. The zero-order valence-corrected chi connectivity index (χ0v) is 14.8. The lowest BCUT2D eigenvalue weighted by Crippen LogP contribution is -2.34. The normalized spacial score (nSPS) is 13.1. The minimum Gasteiger partial charge on any atom is -0.378 e. The summed E-state index contributed by atoms with van der Waals surface area (Å²) in [6, 6.07) is 8.21. The Bertz CT molecular complexity index is 881. The van der Waals surface area contributed by atoms with Gasteiger partial charge in [0.15, 0.2) is 5.92 Å². The standard InChI is InChI=1S/C17H14F6O3S/c1-10-8-12(15(16(18,19)20)17(21,22)23)9-11(2)14(10)26-27(24,25)13-6-4-3-5-7-13/h3-9,15H,1-2H3. The van der Waals surface area contributed by atoms with Gasteiger partial charge in [0, 0.05) is 0 Å². The average Bonchev–Trinajstić information content (AvgIpc) is 2.49. The van der Waals surface area contributed by atoms with Crippen LogP contribution in [0.15, 0.2) is 47.4 Å². The minimum absolute atomic E-state index is 0.164. The highest BCUT2D eigenvalue weighted by molar-refractivity contribution is 7.87. The molecule has 0 aromatic heterocycles. The van der Waals surface area contributed by atoms with Crippen molar-refractivity contribution in [3.63, 3.8) is 0 Å². The predicted molar refractivity (Wildman–Crippen MR) is 85.0 cm³/mol. The molecule has 2 rings (SSSR count). The van der Waals surface area contributed by atoms with Crippen molar-refractivity contribution in [3.05, 3.63) is 59.2 Å². The zero-order valence-electron chi connectivity index (χ0n) is 14.0. The lowest BCUT2D eigenvalue weighted by atomic mass is 9.94. The van der Waals surface area contributed by atoms with Crippen LogP contribution in [0.5, 0.6) is 5.75 Å². The highest BCUT2D eigenvalue weighted by Crippen LogP contribution is 2.47. The molecule has 0 spiro atoms. The van der Waals surface area contributed by atoms with Crippen LogP contribution >= 0.6 is 0 Å². The van der Waals surface area contributed by atoms with Gasteiger partial charge in [-0.3, -0.25) is 0 Å². The molecule has 0 amide bonds. The number of aryl methyl sites for hydroxylation is 2. The maximum atomic E-state index is 12.9. The van der Waals surface area contributed by atoms with Crippen LogP contribution in [0.4, 0.5) is 26.3 Å². The van der Waals surface area contributed by atoms with Crippen molar-refractivity contribution in [2.75, 3.05) is 0 Å². The SMILES string of the molecule is Cc1cc(C(C(F)(F)F)C(F)(F)F)cc(C)c1OS(=O)(=O)c1ccccc1. The van der Waals surface area contributed by atoms with Crippen molar-refractivity contribution in [3.8, 4) is 5.75 Å². The molecule has 148 valence electrons. The number of hydrogen-bond acceptors (Lipinski definition) is 3. The quantitative estimate of drug-likeness (QED) is 0.507. The summed E-state index contributed by atoms with van der Waals surface area (Å²) >= 11 is 0. The van der Waals surface area contributed by atoms with Gasteiger partial charge in [0.1, 0.15) is 10.6 Å². The Balaban J connectivity index is 2.49. The van der Waals surface area contributed by atoms with Crippen LogP contribution in [-0.4, -0.2) is 20.8 Å². The first-order valence-electron chi connectivity index (χ1n) is 7.47. The molecule has 0 aliphatic rings. The van der Waals surface area contributed by atoms with Crippen LogP contribution < -0.4 is 4.18 Å². The van der Waals surface area contributed by atoms with Gasteiger partial charge in [-0.1, -0.05) is 30.3 Å². The van der Waals surface area contributed by atoms with Crippen molar-refractivity contribution in [2.24, 2.45) is 0 Å². The van der Waals surface area contributed by atoms with E-state index in [2.05, 4.69) is 0 Å². The lowest BCUT2D eigenvalue weighted by molar-refractivity contribution is -0.253. The second kappa shape index (κ2) is 7.06. The van der Waals surface area contributed by atoms with Crippen molar-refractivity contribution < 1.29 is 38.9 Å². The summed E-state index contributed by atoms with van der Waals surface area (Å²) in [5.41, 5.74) is -1.36. The Morgan fingerprint density at radius 1 is 0.852 bits per heavy atom. The molecule has 0 N–H and O–H groups in total. The first-order chi connectivity index (χ1) is 12.2. The molecule has 0 saturated heterocycles. The molecule has 2 aromatic carbocycles. The van der Waals surface area contributed by atoms with E-state index in [1.54, 1.807) is 6.07 Å². The monoisotopic (exact) mass is 412 g/mol. The van der Waals surface area contributed by atoms with E-state index < -0.39 is 34.0 Å². The Labute approximate surface area is 151 Å². The second-order valence-electron chi connectivity index (χ2n) is 5.85. The Morgan fingerprint density at radius 3 is 1.70 bits per heavy atom. The van der Waals surface area contributed by atoms with Gasteiger partial charge < -0.3 is 4.18 Å². The van der Waals surface area contributed by atoms with Crippen LogP contribution in [-0.2, 0) is 10.1 Å². The van der Waals surface area contributed by atoms with Gasteiger partial charge in [-0.15, -0.1) is 0 Å². The summed E-state index contributed by atoms with van der Waals surface area (Å²) in [6.45, 7) is 2.35. The first-order valence-corrected chi connectivity index (χ1v) is 8.88. The molecule has 0 unspecified atom stereocenters. The van der Waals surface area contributed by atoms with Crippen LogP contribution in [0.25, 0.3) is 0 Å². The third kappa shape index (κ3) is 4.74. The van der Waals surface area contributed by atoms with Gasteiger partial charge >= 0.3 is 22.5 Å². The van der Waals surface area contributed by atoms with Crippen molar-refractivity contribution in [1.82, 2.24) is 0 Å². The molecule has 0 fully saturated rings. The molecule has 0 bridgehead atoms. The van der Waals surface area contributed by atoms with Crippen LogP contribution in [0.1, 0.15) is 22.6 Å². The van der Waals surface area contributed by atoms with Gasteiger partial charge in [-0.25, -0.2) is 0 Å². The van der Waals surface area contributed by atoms with E-state index in [0.29, 0.717) is 12.1 Å². The number of hydrogen-bond donors (Lipinski definition) is 0. The number of rotatable bonds is 4. The van der Waals surface area contributed by atoms with Crippen LogP contribution in [0, 0.1) is 13.8 Å². The van der Waals surface area contributed by atoms with Crippen molar-refractivity contribution in [1.29, 1.82) is 0 Å². The Kier molecular flexibility index (Phi) is 5.51. The molecular formula is C17H14F6O3S. The highest BCUT2D eigenvalue weighted by Gasteiger charge is 2.57. The maximum absolute atomic E-state index is 12.9. The summed E-state index contributed by atoms with van der Waals surface area (Å²) < 4.78 is 107. The minimum atomic E-state index is -5.55. The molecule has 10 heteroatoms. The fraction of sp³-hybridized carbons (Fsp3) is 0.294. The molecule has 0 atom stereocenters. The maximum Gasteiger partial charge on any atom is 0.404 e. The largest absolute Gasteiger partial charge is 0.404 e. The topological polar surface area (TPSA) is 43.4 Å². The van der Waals surface area contributed by atoms with Crippen molar-refractivity contribution >= 4 is 10.1 Å². The fourth-order valence-electron chi connectivity index (χ4n) is 2.59. The molecule has 3 nitrogen and oxygen atoms in total. The van der Waals surface area contributed by atoms with Gasteiger partial charge in [0.05, 0.1) is 0 Å². The van der Waals surface area contributed by atoms with Gasteiger partial charge in [0.2, 0.25) is 0 Å². The molecule has 27 heavy (non-hydrogen) atoms. The predicted octanol–water partition coefficient (Wildman–Crippen LogP) is 5.28. The molecular weight excluding hydrogens is 398 g/mol. The van der Waals surface area contributed by atoms with Gasteiger partial charge in [-0.05, 0) is 42.7 Å². The lowest BCUT2D eigenvalue weighted by Gasteiger charge is -2.24. The van der Waals surface area contributed by atoms with E-state index in [1.165, 1.54) is 38.1 Å². The third-order valence-corrected chi connectivity index (χ3v) is 4.93.